The minimum atomic E-state index is -0.111. The van der Waals surface area contributed by atoms with E-state index >= 15 is 0 Å². The van der Waals surface area contributed by atoms with Crippen LogP contribution in [0.1, 0.15) is 27.2 Å². The Kier molecular flexibility index (Phi) is 5.51. The quantitative estimate of drug-likeness (QED) is 0.621. The van der Waals surface area contributed by atoms with Crippen LogP contribution in [0.25, 0.3) is 10.9 Å². The molecule has 0 aliphatic carbocycles. The van der Waals surface area contributed by atoms with Crippen molar-refractivity contribution in [2.75, 3.05) is 26.3 Å². The largest absolute Gasteiger partial charge is 0.378 e. The highest BCUT2D eigenvalue weighted by atomic mass is 35.5. The van der Waals surface area contributed by atoms with Crippen LogP contribution >= 0.6 is 23.2 Å². The minimum absolute atomic E-state index is 0.111. The number of halogens is 2. The molecule has 0 unspecified atom stereocenters. The molecule has 4 rings (SSSR count). The van der Waals surface area contributed by atoms with Gasteiger partial charge in [0.1, 0.15) is 0 Å². The van der Waals surface area contributed by atoms with Gasteiger partial charge in [0, 0.05) is 48.2 Å². The van der Waals surface area contributed by atoms with Crippen molar-refractivity contribution in [3.05, 3.63) is 68.8 Å². The molecule has 1 aromatic heterocycles. The molecule has 1 aliphatic heterocycles. The van der Waals surface area contributed by atoms with E-state index in [9.17, 15) is 10.1 Å². The Morgan fingerprint density at radius 2 is 1.97 bits per heavy atom. The predicted molar refractivity (Wildman–Crippen MR) is 114 cm³/mol. The van der Waals surface area contributed by atoms with Gasteiger partial charge in [-0.2, -0.15) is 5.26 Å². The lowest BCUT2D eigenvalue weighted by atomic mass is 10.0. The van der Waals surface area contributed by atoms with E-state index in [1.807, 2.05) is 29.8 Å². The van der Waals surface area contributed by atoms with Crippen molar-refractivity contribution in [3.8, 4) is 6.07 Å². The molecule has 3 aromatic rings. The molecular formula is C22H19Cl2N3O2. The van der Waals surface area contributed by atoms with E-state index in [4.69, 9.17) is 27.9 Å². The topological polar surface area (TPSA) is 58.3 Å². The van der Waals surface area contributed by atoms with Crippen molar-refractivity contribution in [3.63, 3.8) is 0 Å². The number of ether oxygens (including phenoxy) is 1. The second kappa shape index (κ2) is 8.08. The van der Waals surface area contributed by atoms with Crippen molar-refractivity contribution in [2.45, 2.75) is 6.42 Å². The maximum Gasteiger partial charge on any atom is 0.255 e. The third-order valence-electron chi connectivity index (χ3n) is 5.38. The lowest BCUT2D eigenvalue weighted by Gasteiger charge is -2.27. The number of aryl methyl sites for hydroxylation is 1. The maximum absolute atomic E-state index is 12.9. The number of carbonyl (C=O) groups excluding carboxylic acids is 1. The summed E-state index contributed by atoms with van der Waals surface area (Å²) in [5, 5.41) is 11.2. The van der Waals surface area contributed by atoms with E-state index < -0.39 is 0 Å². The number of morpholine rings is 1. The highest BCUT2D eigenvalue weighted by Gasteiger charge is 2.23. The van der Waals surface area contributed by atoms with Gasteiger partial charge in [-0.05, 0) is 35.9 Å². The molecule has 0 atom stereocenters. The van der Waals surface area contributed by atoms with Crippen LogP contribution in [0.4, 0.5) is 0 Å². The molecule has 5 nitrogen and oxygen atoms in total. The van der Waals surface area contributed by atoms with Gasteiger partial charge in [0.25, 0.3) is 5.91 Å². The Morgan fingerprint density at radius 1 is 1.21 bits per heavy atom. The van der Waals surface area contributed by atoms with Gasteiger partial charge in [-0.15, -0.1) is 0 Å². The Labute approximate surface area is 179 Å². The molecule has 2 aromatic carbocycles. The lowest BCUT2D eigenvalue weighted by molar-refractivity contribution is 0.0303. The zero-order chi connectivity index (χ0) is 20.5. The highest BCUT2D eigenvalue weighted by molar-refractivity contribution is 6.38. The number of benzene rings is 2. The number of hydrogen-bond donors (Lipinski definition) is 0. The number of nitrogens with zero attached hydrogens (tertiary/aromatic N) is 3. The molecule has 7 heteroatoms. The second-order valence-corrected chi connectivity index (χ2v) is 7.80. The minimum Gasteiger partial charge on any atom is -0.378 e. The smallest absolute Gasteiger partial charge is 0.255 e. The third kappa shape index (κ3) is 3.60. The molecule has 29 heavy (non-hydrogen) atoms. The Bertz CT molecular complexity index is 1140. The van der Waals surface area contributed by atoms with E-state index in [0.29, 0.717) is 59.5 Å². The van der Waals surface area contributed by atoms with E-state index in [0.717, 1.165) is 16.6 Å². The van der Waals surface area contributed by atoms with Crippen LogP contribution in [0.15, 0.2) is 36.4 Å². The van der Waals surface area contributed by atoms with Crippen LogP contribution in [0, 0.1) is 11.3 Å². The first-order valence-electron chi connectivity index (χ1n) is 9.32. The van der Waals surface area contributed by atoms with Crippen LogP contribution in [0.3, 0.4) is 0 Å². The third-order valence-corrected chi connectivity index (χ3v) is 6.17. The number of hydrogen-bond acceptors (Lipinski definition) is 3. The number of nitriles is 1. The van der Waals surface area contributed by atoms with Gasteiger partial charge in [0.05, 0.1) is 35.4 Å². The number of carbonyl (C=O) groups is 1. The first-order chi connectivity index (χ1) is 14.0. The zero-order valence-corrected chi connectivity index (χ0v) is 17.4. The fraction of sp³-hybridized carbons (Fsp3) is 0.273. The number of rotatable bonds is 3. The van der Waals surface area contributed by atoms with E-state index in [1.54, 1.807) is 23.1 Å². The van der Waals surface area contributed by atoms with Crippen LogP contribution in [0.2, 0.25) is 10.0 Å². The Balaban J connectivity index is 1.73. The summed E-state index contributed by atoms with van der Waals surface area (Å²) in [6, 6.07) is 13.3. The van der Waals surface area contributed by atoms with Gasteiger partial charge in [0.2, 0.25) is 0 Å². The maximum atomic E-state index is 12.9. The molecule has 0 spiro atoms. The molecule has 1 aliphatic rings. The summed E-state index contributed by atoms with van der Waals surface area (Å²) in [4.78, 5) is 14.7. The number of amides is 1. The van der Waals surface area contributed by atoms with Gasteiger partial charge >= 0.3 is 0 Å². The van der Waals surface area contributed by atoms with E-state index in [-0.39, 0.29) is 5.91 Å². The highest BCUT2D eigenvalue weighted by Crippen LogP contribution is 2.33. The summed E-state index contributed by atoms with van der Waals surface area (Å²) < 4.78 is 7.35. The van der Waals surface area contributed by atoms with E-state index in [1.165, 1.54) is 0 Å². The summed E-state index contributed by atoms with van der Waals surface area (Å²) in [5.74, 6) is -0.111. The predicted octanol–water partition coefficient (Wildman–Crippen LogP) is 4.42. The SMILES string of the molecule is Cn1c(Cc2c(Cl)ccc(C(=O)N3CCOCC3)c2Cl)cc2c(C#N)cccc21. The lowest BCUT2D eigenvalue weighted by Crippen LogP contribution is -2.40. The van der Waals surface area contributed by atoms with Crippen LogP contribution in [-0.2, 0) is 18.2 Å². The van der Waals surface area contributed by atoms with Crippen molar-refractivity contribution in [2.24, 2.45) is 7.05 Å². The summed E-state index contributed by atoms with van der Waals surface area (Å²) in [6.45, 7) is 2.16. The van der Waals surface area contributed by atoms with Gasteiger partial charge < -0.3 is 14.2 Å². The Hall–Kier alpha value is -2.52. The van der Waals surface area contributed by atoms with Crippen molar-refractivity contribution in [1.82, 2.24) is 9.47 Å². The number of fused-ring (bicyclic) bond motifs is 1. The fourth-order valence-electron chi connectivity index (χ4n) is 3.73. The van der Waals surface area contributed by atoms with Crippen molar-refractivity contribution >= 4 is 40.0 Å². The first-order valence-corrected chi connectivity index (χ1v) is 10.1. The summed E-state index contributed by atoms with van der Waals surface area (Å²) in [7, 11) is 1.95. The van der Waals surface area contributed by atoms with Crippen LogP contribution in [-0.4, -0.2) is 41.7 Å². The summed E-state index contributed by atoms with van der Waals surface area (Å²) in [6.07, 6.45) is 0.456. The fourth-order valence-corrected chi connectivity index (χ4v) is 4.31. The molecule has 1 amide bonds. The van der Waals surface area contributed by atoms with Crippen LogP contribution < -0.4 is 0 Å². The van der Waals surface area contributed by atoms with Crippen molar-refractivity contribution < 1.29 is 9.53 Å². The summed E-state index contributed by atoms with van der Waals surface area (Å²) >= 11 is 13.1. The first kappa shape index (κ1) is 19.8. The molecule has 0 saturated carbocycles. The van der Waals surface area contributed by atoms with Gasteiger partial charge in [0.15, 0.2) is 0 Å². The molecule has 148 valence electrons. The molecular weight excluding hydrogens is 409 g/mol. The van der Waals surface area contributed by atoms with Gasteiger partial charge in [-0.1, -0.05) is 29.3 Å². The molecule has 0 bridgehead atoms. The molecule has 1 saturated heterocycles. The zero-order valence-electron chi connectivity index (χ0n) is 15.9. The standard InChI is InChI=1S/C22H19Cl2N3O2/c1-26-15(11-17-14(13-25)3-2-4-20(17)26)12-18-19(23)6-5-16(21(18)24)22(28)27-7-9-29-10-8-27/h2-6,11H,7-10,12H2,1H3. The van der Waals surface area contributed by atoms with Crippen molar-refractivity contribution in [1.29, 1.82) is 5.26 Å². The average Bonchev–Trinajstić information content (AvgIpc) is 3.07. The van der Waals surface area contributed by atoms with Gasteiger partial charge in [-0.25, -0.2) is 0 Å². The molecule has 0 N–H and O–H groups in total. The second-order valence-electron chi connectivity index (χ2n) is 7.01. The monoisotopic (exact) mass is 427 g/mol. The van der Waals surface area contributed by atoms with Gasteiger partial charge in [-0.3, -0.25) is 4.79 Å². The molecule has 0 radical (unpaired) electrons. The summed E-state index contributed by atoms with van der Waals surface area (Å²) in [5.41, 5.74) is 3.70. The molecule has 1 fully saturated rings. The van der Waals surface area contributed by atoms with Crippen LogP contribution in [0.5, 0.6) is 0 Å². The number of aromatic nitrogens is 1. The average molecular weight is 428 g/mol. The normalized spacial score (nSPS) is 14.2. The Morgan fingerprint density at radius 3 is 2.69 bits per heavy atom. The van der Waals surface area contributed by atoms with E-state index in [2.05, 4.69) is 6.07 Å². The molecule has 2 heterocycles.